The first-order valence-electron chi connectivity index (χ1n) is 7.92. The molecule has 0 saturated heterocycles. The lowest BCUT2D eigenvalue weighted by Crippen LogP contribution is -2.56. The molecule has 3 N–H and O–H groups in total. The molecule has 1 aliphatic carbocycles. The van der Waals surface area contributed by atoms with E-state index < -0.39 is 11.4 Å². The number of primary amides is 1. The average Bonchev–Trinajstić information content (AvgIpc) is 2.74. The molecule has 116 valence electrons. The summed E-state index contributed by atoms with van der Waals surface area (Å²) in [6, 6.07) is 6.65. The van der Waals surface area contributed by atoms with Crippen LogP contribution in [0.5, 0.6) is 0 Å². The Bertz CT molecular complexity index is 483. The second-order valence-corrected chi connectivity index (χ2v) is 5.94. The summed E-state index contributed by atoms with van der Waals surface area (Å²) in [6.45, 7) is 1.88. The smallest absolute Gasteiger partial charge is 0.242 e. The lowest BCUT2D eigenvalue weighted by atomic mass is 9.84. The number of nitrogens with one attached hydrogen (secondary N) is 1. The predicted molar refractivity (Wildman–Crippen MR) is 82.2 cm³/mol. The van der Waals surface area contributed by atoms with Crippen molar-refractivity contribution >= 4 is 5.91 Å². The Balaban J connectivity index is 2.33. The van der Waals surface area contributed by atoms with Gasteiger partial charge in [-0.05, 0) is 25.3 Å². The molecule has 1 unspecified atom stereocenters. The summed E-state index contributed by atoms with van der Waals surface area (Å²) in [5.41, 5.74) is 4.93. The van der Waals surface area contributed by atoms with Crippen LogP contribution in [0.3, 0.4) is 0 Å². The van der Waals surface area contributed by atoms with Gasteiger partial charge in [-0.25, -0.2) is 4.39 Å². The van der Waals surface area contributed by atoms with Crippen molar-refractivity contribution in [3.05, 3.63) is 35.6 Å². The van der Waals surface area contributed by atoms with E-state index >= 15 is 0 Å². The number of carbonyl (C=O) groups excluding carboxylic acids is 1. The Morgan fingerprint density at radius 3 is 2.43 bits per heavy atom. The lowest BCUT2D eigenvalue weighted by molar-refractivity contribution is -0.125. The van der Waals surface area contributed by atoms with Crippen molar-refractivity contribution in [3.63, 3.8) is 0 Å². The Kier molecular flexibility index (Phi) is 5.34. The highest BCUT2D eigenvalue weighted by Crippen LogP contribution is 2.30. The molecule has 0 bridgehead atoms. The van der Waals surface area contributed by atoms with Crippen molar-refractivity contribution in [1.29, 1.82) is 0 Å². The number of amides is 1. The van der Waals surface area contributed by atoms with Gasteiger partial charge in [-0.15, -0.1) is 0 Å². The predicted octanol–water partition coefficient (Wildman–Crippen LogP) is 3.23. The lowest BCUT2D eigenvalue weighted by Gasteiger charge is -2.35. The van der Waals surface area contributed by atoms with Crippen LogP contribution in [0.4, 0.5) is 4.39 Å². The van der Waals surface area contributed by atoms with Gasteiger partial charge in [0.2, 0.25) is 5.91 Å². The summed E-state index contributed by atoms with van der Waals surface area (Å²) >= 11 is 0. The summed E-state index contributed by atoms with van der Waals surface area (Å²) in [6.07, 6.45) is 7.23. The highest BCUT2D eigenvalue weighted by atomic mass is 19.1. The van der Waals surface area contributed by atoms with E-state index in [2.05, 4.69) is 5.32 Å². The highest BCUT2D eigenvalue weighted by molar-refractivity contribution is 5.86. The van der Waals surface area contributed by atoms with Crippen molar-refractivity contribution in [2.45, 2.75) is 63.5 Å². The van der Waals surface area contributed by atoms with Crippen molar-refractivity contribution in [2.24, 2.45) is 5.73 Å². The largest absolute Gasteiger partial charge is 0.368 e. The minimum atomic E-state index is -1.11. The zero-order valence-corrected chi connectivity index (χ0v) is 12.7. The Hall–Kier alpha value is -1.42. The minimum Gasteiger partial charge on any atom is -0.368 e. The Morgan fingerprint density at radius 1 is 1.29 bits per heavy atom. The first-order valence-corrected chi connectivity index (χ1v) is 7.92. The van der Waals surface area contributed by atoms with Crippen LogP contribution < -0.4 is 11.1 Å². The third-order valence-corrected chi connectivity index (χ3v) is 4.59. The fourth-order valence-corrected chi connectivity index (χ4v) is 3.33. The number of rotatable bonds is 5. The summed E-state index contributed by atoms with van der Waals surface area (Å²) in [5, 5.41) is 3.40. The molecule has 0 aliphatic heterocycles. The van der Waals surface area contributed by atoms with Gasteiger partial charge in [0.05, 0.1) is 0 Å². The van der Waals surface area contributed by atoms with Gasteiger partial charge in [-0.3, -0.25) is 10.1 Å². The minimum absolute atomic E-state index is 0.222. The molecule has 1 aromatic carbocycles. The SMILES string of the molecule is CCC(NC1CCCCCC1)(C(N)=O)c1ccccc1F. The van der Waals surface area contributed by atoms with E-state index in [0.717, 1.165) is 25.7 Å². The van der Waals surface area contributed by atoms with Gasteiger partial charge in [0.25, 0.3) is 0 Å². The van der Waals surface area contributed by atoms with Gasteiger partial charge in [-0.2, -0.15) is 0 Å². The summed E-state index contributed by atoms with van der Waals surface area (Å²) in [4.78, 5) is 12.2. The zero-order chi connectivity index (χ0) is 15.3. The molecule has 1 saturated carbocycles. The third kappa shape index (κ3) is 3.43. The van der Waals surface area contributed by atoms with E-state index in [1.807, 2.05) is 6.92 Å². The molecule has 21 heavy (non-hydrogen) atoms. The average molecular weight is 292 g/mol. The molecule has 0 aromatic heterocycles. The molecule has 4 heteroatoms. The van der Waals surface area contributed by atoms with Crippen LogP contribution >= 0.6 is 0 Å². The van der Waals surface area contributed by atoms with E-state index in [1.54, 1.807) is 18.2 Å². The van der Waals surface area contributed by atoms with Gasteiger partial charge in [0.1, 0.15) is 11.4 Å². The van der Waals surface area contributed by atoms with E-state index in [-0.39, 0.29) is 11.9 Å². The molecule has 1 aliphatic rings. The molecule has 0 heterocycles. The van der Waals surface area contributed by atoms with Gasteiger partial charge < -0.3 is 5.73 Å². The normalized spacial score (nSPS) is 19.7. The third-order valence-electron chi connectivity index (χ3n) is 4.59. The van der Waals surface area contributed by atoms with Crippen LogP contribution in [0.1, 0.15) is 57.4 Å². The molecule has 0 radical (unpaired) electrons. The van der Waals surface area contributed by atoms with Gasteiger partial charge in [-0.1, -0.05) is 50.8 Å². The quantitative estimate of drug-likeness (QED) is 0.819. The fraction of sp³-hybridized carbons (Fsp3) is 0.588. The van der Waals surface area contributed by atoms with E-state index in [1.165, 1.54) is 18.9 Å². The number of nitrogens with two attached hydrogens (primary N) is 1. The first-order chi connectivity index (χ1) is 10.1. The summed E-state index contributed by atoms with van der Waals surface area (Å²) in [5.74, 6) is -0.876. The second kappa shape index (κ2) is 7.03. The second-order valence-electron chi connectivity index (χ2n) is 5.94. The van der Waals surface area contributed by atoms with Crippen molar-refractivity contribution in [3.8, 4) is 0 Å². The maximum Gasteiger partial charge on any atom is 0.242 e. The highest BCUT2D eigenvalue weighted by Gasteiger charge is 2.40. The van der Waals surface area contributed by atoms with Gasteiger partial charge in [0, 0.05) is 11.6 Å². The Morgan fingerprint density at radius 2 is 1.90 bits per heavy atom. The number of hydrogen-bond acceptors (Lipinski definition) is 2. The summed E-state index contributed by atoms with van der Waals surface area (Å²) < 4.78 is 14.2. The van der Waals surface area contributed by atoms with Crippen molar-refractivity contribution in [1.82, 2.24) is 5.32 Å². The van der Waals surface area contributed by atoms with Crippen LogP contribution in [0.25, 0.3) is 0 Å². The van der Waals surface area contributed by atoms with Crippen LogP contribution in [-0.4, -0.2) is 11.9 Å². The van der Waals surface area contributed by atoms with E-state index in [9.17, 15) is 9.18 Å². The Labute approximate surface area is 126 Å². The zero-order valence-electron chi connectivity index (χ0n) is 12.7. The topological polar surface area (TPSA) is 55.1 Å². The van der Waals surface area contributed by atoms with E-state index in [4.69, 9.17) is 5.73 Å². The van der Waals surface area contributed by atoms with Crippen molar-refractivity contribution < 1.29 is 9.18 Å². The van der Waals surface area contributed by atoms with Crippen molar-refractivity contribution in [2.75, 3.05) is 0 Å². The maximum atomic E-state index is 14.2. The standard InChI is InChI=1S/C17H25FN2O/c1-2-17(16(19)21,14-11-7-8-12-15(14)18)20-13-9-5-3-4-6-10-13/h7-8,11-13,20H,2-6,9-10H2,1H3,(H2,19,21). The molecular formula is C17H25FN2O. The molecular weight excluding hydrogens is 267 g/mol. The number of halogens is 1. The molecule has 2 rings (SSSR count). The monoisotopic (exact) mass is 292 g/mol. The van der Waals surface area contributed by atoms with Gasteiger partial charge >= 0.3 is 0 Å². The fourth-order valence-electron chi connectivity index (χ4n) is 3.33. The molecule has 0 spiro atoms. The molecule has 1 atom stereocenters. The van der Waals surface area contributed by atoms with Crippen LogP contribution in [0.15, 0.2) is 24.3 Å². The number of carbonyl (C=O) groups is 1. The van der Waals surface area contributed by atoms with Gasteiger partial charge in [0.15, 0.2) is 0 Å². The van der Waals surface area contributed by atoms with Crippen LogP contribution in [-0.2, 0) is 10.3 Å². The van der Waals surface area contributed by atoms with E-state index in [0.29, 0.717) is 12.0 Å². The first kappa shape index (κ1) is 16.0. The molecule has 3 nitrogen and oxygen atoms in total. The summed E-state index contributed by atoms with van der Waals surface area (Å²) in [7, 11) is 0. The molecule has 1 amide bonds. The molecule has 1 fully saturated rings. The maximum absolute atomic E-state index is 14.2. The number of hydrogen-bond donors (Lipinski definition) is 2. The number of benzene rings is 1. The molecule has 1 aromatic rings. The van der Waals surface area contributed by atoms with Crippen LogP contribution in [0.2, 0.25) is 0 Å². The van der Waals surface area contributed by atoms with Crippen LogP contribution in [0, 0.1) is 5.82 Å².